The van der Waals surface area contributed by atoms with Crippen molar-refractivity contribution in [1.82, 2.24) is 0 Å². The highest BCUT2D eigenvalue weighted by atomic mass is 79.9. The monoisotopic (exact) mass is 312 g/mol. The number of hydrogen-bond donors (Lipinski definition) is 1. The third kappa shape index (κ3) is 2.50. The number of halogens is 1. The SMILES string of the molecule is COc1ccc(-c2ccc(C(=O)O)s2)cc1Br. The van der Waals surface area contributed by atoms with Gasteiger partial charge in [-0.15, -0.1) is 11.3 Å². The van der Waals surface area contributed by atoms with Gasteiger partial charge in [-0.05, 0) is 51.8 Å². The van der Waals surface area contributed by atoms with Crippen molar-refractivity contribution in [2.24, 2.45) is 0 Å². The maximum atomic E-state index is 10.8. The fourth-order valence-electron chi connectivity index (χ4n) is 1.43. The highest BCUT2D eigenvalue weighted by Gasteiger charge is 2.09. The van der Waals surface area contributed by atoms with Gasteiger partial charge >= 0.3 is 5.97 Å². The third-order valence-corrected chi connectivity index (χ3v) is 4.00. The minimum absolute atomic E-state index is 0.340. The first kappa shape index (κ1) is 12.1. The van der Waals surface area contributed by atoms with Gasteiger partial charge in [0.05, 0.1) is 11.6 Å². The summed E-state index contributed by atoms with van der Waals surface area (Å²) < 4.78 is 5.99. The van der Waals surface area contributed by atoms with E-state index in [0.717, 1.165) is 20.7 Å². The van der Waals surface area contributed by atoms with Crippen molar-refractivity contribution >= 4 is 33.2 Å². The van der Waals surface area contributed by atoms with Gasteiger partial charge in [-0.1, -0.05) is 0 Å². The van der Waals surface area contributed by atoms with Crippen molar-refractivity contribution in [1.29, 1.82) is 0 Å². The highest BCUT2D eigenvalue weighted by Crippen LogP contribution is 2.33. The molecule has 0 radical (unpaired) electrons. The molecule has 3 nitrogen and oxygen atoms in total. The molecule has 0 bridgehead atoms. The summed E-state index contributed by atoms with van der Waals surface area (Å²) in [5.41, 5.74) is 0.968. The predicted octanol–water partition coefficient (Wildman–Crippen LogP) is 3.88. The summed E-state index contributed by atoms with van der Waals surface area (Å²) in [6.07, 6.45) is 0. The lowest BCUT2D eigenvalue weighted by atomic mass is 10.2. The van der Waals surface area contributed by atoms with E-state index < -0.39 is 5.97 Å². The average Bonchev–Trinajstić information content (AvgIpc) is 2.78. The van der Waals surface area contributed by atoms with Gasteiger partial charge in [0.25, 0.3) is 0 Å². The molecule has 1 aromatic carbocycles. The molecule has 2 rings (SSSR count). The van der Waals surface area contributed by atoms with Crippen LogP contribution >= 0.6 is 27.3 Å². The number of rotatable bonds is 3. The first-order chi connectivity index (χ1) is 8.11. The molecule has 0 aliphatic rings. The summed E-state index contributed by atoms with van der Waals surface area (Å²) >= 11 is 4.66. The normalized spacial score (nSPS) is 10.2. The number of hydrogen-bond acceptors (Lipinski definition) is 3. The smallest absolute Gasteiger partial charge is 0.345 e. The Hall–Kier alpha value is -1.33. The standard InChI is InChI=1S/C12H9BrO3S/c1-16-9-3-2-7(6-8(9)13)10-4-5-11(17-10)12(14)15/h2-6H,1H3,(H,14,15). The van der Waals surface area contributed by atoms with Crippen LogP contribution in [0.3, 0.4) is 0 Å². The molecular weight excluding hydrogens is 304 g/mol. The van der Waals surface area contributed by atoms with Gasteiger partial charge in [0, 0.05) is 4.88 Å². The fraction of sp³-hybridized carbons (Fsp3) is 0.0833. The number of carbonyl (C=O) groups is 1. The lowest BCUT2D eigenvalue weighted by Gasteiger charge is -2.04. The van der Waals surface area contributed by atoms with Crippen molar-refractivity contribution in [3.63, 3.8) is 0 Å². The van der Waals surface area contributed by atoms with E-state index in [9.17, 15) is 4.79 Å². The van der Waals surface area contributed by atoms with E-state index in [2.05, 4.69) is 15.9 Å². The number of aromatic carboxylic acids is 1. The van der Waals surface area contributed by atoms with Crippen molar-refractivity contribution in [3.8, 4) is 16.2 Å². The number of thiophene rings is 1. The van der Waals surface area contributed by atoms with Crippen molar-refractivity contribution in [3.05, 3.63) is 39.7 Å². The van der Waals surface area contributed by atoms with Gasteiger partial charge in [-0.2, -0.15) is 0 Å². The molecular formula is C12H9BrO3S. The molecule has 17 heavy (non-hydrogen) atoms. The van der Waals surface area contributed by atoms with Crippen LogP contribution in [0.2, 0.25) is 0 Å². The molecule has 1 N–H and O–H groups in total. The van der Waals surface area contributed by atoms with Gasteiger partial charge in [0.2, 0.25) is 0 Å². The Morgan fingerprint density at radius 3 is 2.65 bits per heavy atom. The van der Waals surface area contributed by atoms with Crippen molar-refractivity contribution in [2.75, 3.05) is 7.11 Å². The van der Waals surface area contributed by atoms with Crippen LogP contribution in [-0.2, 0) is 0 Å². The van der Waals surface area contributed by atoms with Crippen LogP contribution < -0.4 is 4.74 Å². The van der Waals surface area contributed by atoms with Crippen molar-refractivity contribution < 1.29 is 14.6 Å². The lowest BCUT2D eigenvalue weighted by Crippen LogP contribution is -1.89. The molecule has 0 saturated carbocycles. The second kappa shape index (κ2) is 4.89. The molecule has 0 fully saturated rings. The molecule has 88 valence electrons. The summed E-state index contributed by atoms with van der Waals surface area (Å²) in [5, 5.41) is 8.86. The van der Waals surface area contributed by atoms with E-state index in [4.69, 9.17) is 9.84 Å². The lowest BCUT2D eigenvalue weighted by molar-refractivity contribution is 0.0702. The number of carboxylic acid groups (broad SMARTS) is 1. The zero-order chi connectivity index (χ0) is 12.4. The van der Waals surface area contributed by atoms with E-state index in [1.165, 1.54) is 11.3 Å². The summed E-state index contributed by atoms with van der Waals surface area (Å²) in [6.45, 7) is 0. The molecule has 2 aromatic rings. The summed E-state index contributed by atoms with van der Waals surface area (Å²) in [4.78, 5) is 12.1. The van der Waals surface area contributed by atoms with Gasteiger partial charge in [-0.25, -0.2) is 4.79 Å². The number of ether oxygens (including phenoxy) is 1. The molecule has 1 heterocycles. The van der Waals surface area contributed by atoms with Crippen LogP contribution in [0.1, 0.15) is 9.67 Å². The zero-order valence-corrected chi connectivity index (χ0v) is 11.3. The van der Waals surface area contributed by atoms with Gasteiger partial charge in [0.15, 0.2) is 0 Å². The Balaban J connectivity index is 2.39. The molecule has 0 aliphatic carbocycles. The Morgan fingerprint density at radius 1 is 1.35 bits per heavy atom. The maximum absolute atomic E-state index is 10.8. The zero-order valence-electron chi connectivity index (χ0n) is 8.94. The predicted molar refractivity (Wildman–Crippen MR) is 71.0 cm³/mol. The van der Waals surface area contributed by atoms with Crippen LogP contribution in [0.25, 0.3) is 10.4 Å². The van der Waals surface area contributed by atoms with E-state index in [1.807, 2.05) is 24.3 Å². The first-order valence-electron chi connectivity index (χ1n) is 4.79. The second-order valence-electron chi connectivity index (χ2n) is 3.32. The molecule has 5 heteroatoms. The summed E-state index contributed by atoms with van der Waals surface area (Å²) in [5.74, 6) is -0.141. The molecule has 0 amide bonds. The number of carboxylic acids is 1. The second-order valence-corrected chi connectivity index (χ2v) is 5.26. The van der Waals surface area contributed by atoms with Gasteiger partial charge in [0.1, 0.15) is 10.6 Å². The van der Waals surface area contributed by atoms with E-state index in [-0.39, 0.29) is 0 Å². The fourth-order valence-corrected chi connectivity index (χ4v) is 2.81. The maximum Gasteiger partial charge on any atom is 0.345 e. The Kier molecular flexibility index (Phi) is 3.49. The summed E-state index contributed by atoms with van der Waals surface area (Å²) in [6, 6.07) is 9.08. The molecule has 0 saturated heterocycles. The van der Waals surface area contributed by atoms with E-state index in [0.29, 0.717) is 4.88 Å². The minimum Gasteiger partial charge on any atom is -0.496 e. The van der Waals surface area contributed by atoms with Crippen molar-refractivity contribution in [2.45, 2.75) is 0 Å². The average molecular weight is 313 g/mol. The summed E-state index contributed by atoms with van der Waals surface area (Å²) in [7, 11) is 1.60. The van der Waals surface area contributed by atoms with E-state index >= 15 is 0 Å². The first-order valence-corrected chi connectivity index (χ1v) is 6.40. The quantitative estimate of drug-likeness (QED) is 0.935. The number of benzene rings is 1. The van der Waals surface area contributed by atoms with E-state index in [1.54, 1.807) is 13.2 Å². The number of methoxy groups -OCH3 is 1. The Bertz CT molecular complexity index is 563. The molecule has 0 aliphatic heterocycles. The molecule has 0 spiro atoms. The van der Waals surface area contributed by atoms with Crippen LogP contribution in [-0.4, -0.2) is 18.2 Å². The van der Waals surface area contributed by atoms with Crippen LogP contribution in [0.4, 0.5) is 0 Å². The topological polar surface area (TPSA) is 46.5 Å². The van der Waals surface area contributed by atoms with Crippen LogP contribution in [0.5, 0.6) is 5.75 Å². The molecule has 1 aromatic heterocycles. The van der Waals surface area contributed by atoms with Crippen LogP contribution in [0.15, 0.2) is 34.8 Å². The van der Waals surface area contributed by atoms with Crippen LogP contribution in [0, 0.1) is 0 Å². The highest BCUT2D eigenvalue weighted by molar-refractivity contribution is 9.10. The Morgan fingerprint density at radius 2 is 2.12 bits per heavy atom. The Labute approximate surface area is 111 Å². The van der Waals surface area contributed by atoms with Gasteiger partial charge in [-0.3, -0.25) is 0 Å². The molecule has 0 unspecified atom stereocenters. The minimum atomic E-state index is -0.895. The largest absolute Gasteiger partial charge is 0.496 e. The van der Waals surface area contributed by atoms with Gasteiger partial charge < -0.3 is 9.84 Å². The third-order valence-electron chi connectivity index (χ3n) is 2.25. The molecule has 0 atom stereocenters.